The SMILES string of the molecule is NCCC(F)(F)c1ccc2c(c1)CCC2. The molecule has 0 amide bonds. The molecular weight excluding hydrogens is 196 g/mol. The van der Waals surface area contributed by atoms with Crippen molar-refractivity contribution in [1.82, 2.24) is 0 Å². The number of nitrogens with two attached hydrogens (primary N) is 1. The summed E-state index contributed by atoms with van der Waals surface area (Å²) < 4.78 is 27.1. The molecule has 0 heterocycles. The molecule has 0 saturated carbocycles. The summed E-state index contributed by atoms with van der Waals surface area (Å²) in [4.78, 5) is 0. The van der Waals surface area contributed by atoms with Crippen LogP contribution in [0.15, 0.2) is 18.2 Å². The molecule has 15 heavy (non-hydrogen) atoms. The average molecular weight is 211 g/mol. The second-order valence-electron chi connectivity index (χ2n) is 4.08. The summed E-state index contributed by atoms with van der Waals surface area (Å²) >= 11 is 0. The van der Waals surface area contributed by atoms with E-state index in [0.29, 0.717) is 0 Å². The maximum absolute atomic E-state index is 13.5. The van der Waals surface area contributed by atoms with Crippen LogP contribution in [0, 0.1) is 0 Å². The molecule has 1 aliphatic carbocycles. The molecule has 2 N–H and O–H groups in total. The van der Waals surface area contributed by atoms with Gasteiger partial charge in [-0.2, -0.15) is 0 Å². The molecule has 0 saturated heterocycles. The molecule has 0 radical (unpaired) electrons. The van der Waals surface area contributed by atoms with Crippen LogP contribution in [0.25, 0.3) is 0 Å². The molecule has 0 atom stereocenters. The number of aryl methyl sites for hydroxylation is 2. The summed E-state index contributed by atoms with van der Waals surface area (Å²) in [5.41, 5.74) is 7.62. The summed E-state index contributed by atoms with van der Waals surface area (Å²) in [5.74, 6) is -2.77. The number of benzene rings is 1. The van der Waals surface area contributed by atoms with Gasteiger partial charge in [-0.05, 0) is 43.0 Å². The normalized spacial score (nSPS) is 15.4. The third-order valence-electron chi connectivity index (χ3n) is 2.98. The van der Waals surface area contributed by atoms with Crippen molar-refractivity contribution >= 4 is 0 Å². The molecule has 0 aliphatic heterocycles. The lowest BCUT2D eigenvalue weighted by molar-refractivity contribution is -0.0107. The van der Waals surface area contributed by atoms with Gasteiger partial charge in [0, 0.05) is 12.0 Å². The molecule has 0 fully saturated rings. The quantitative estimate of drug-likeness (QED) is 0.817. The van der Waals surface area contributed by atoms with Crippen molar-refractivity contribution in [3.8, 4) is 0 Å². The highest BCUT2D eigenvalue weighted by molar-refractivity contribution is 5.36. The third kappa shape index (κ3) is 2.02. The third-order valence-corrected chi connectivity index (χ3v) is 2.98. The Bertz CT molecular complexity index is 361. The predicted octanol–water partition coefficient (Wildman–Crippen LogP) is 2.62. The van der Waals surface area contributed by atoms with Gasteiger partial charge >= 0.3 is 0 Å². The number of hydrogen-bond acceptors (Lipinski definition) is 1. The van der Waals surface area contributed by atoms with E-state index in [9.17, 15) is 8.78 Å². The number of fused-ring (bicyclic) bond motifs is 1. The van der Waals surface area contributed by atoms with Gasteiger partial charge in [0.25, 0.3) is 5.92 Å². The van der Waals surface area contributed by atoms with Crippen LogP contribution in [0.4, 0.5) is 8.78 Å². The highest BCUT2D eigenvalue weighted by Gasteiger charge is 2.31. The fraction of sp³-hybridized carbons (Fsp3) is 0.500. The number of halogens is 2. The van der Waals surface area contributed by atoms with E-state index < -0.39 is 5.92 Å². The first kappa shape index (κ1) is 10.6. The van der Waals surface area contributed by atoms with Gasteiger partial charge in [0.2, 0.25) is 0 Å². The topological polar surface area (TPSA) is 26.0 Å². The minimum Gasteiger partial charge on any atom is -0.330 e. The van der Waals surface area contributed by atoms with E-state index in [-0.39, 0.29) is 18.5 Å². The van der Waals surface area contributed by atoms with Gasteiger partial charge in [-0.15, -0.1) is 0 Å². The second-order valence-corrected chi connectivity index (χ2v) is 4.08. The van der Waals surface area contributed by atoms with Gasteiger partial charge in [0.05, 0.1) is 0 Å². The maximum atomic E-state index is 13.5. The fourth-order valence-corrected chi connectivity index (χ4v) is 2.12. The number of hydrogen-bond donors (Lipinski definition) is 1. The number of alkyl halides is 2. The summed E-state index contributed by atoms with van der Waals surface area (Å²) in [5, 5.41) is 0. The van der Waals surface area contributed by atoms with E-state index in [4.69, 9.17) is 5.73 Å². The van der Waals surface area contributed by atoms with Crippen molar-refractivity contribution in [1.29, 1.82) is 0 Å². The lowest BCUT2D eigenvalue weighted by Gasteiger charge is -2.16. The van der Waals surface area contributed by atoms with E-state index in [1.165, 1.54) is 5.56 Å². The van der Waals surface area contributed by atoms with Crippen LogP contribution in [-0.4, -0.2) is 6.54 Å². The molecule has 0 bridgehead atoms. The maximum Gasteiger partial charge on any atom is 0.274 e. The van der Waals surface area contributed by atoms with Gasteiger partial charge in [-0.25, -0.2) is 8.78 Å². The van der Waals surface area contributed by atoms with Gasteiger partial charge < -0.3 is 5.73 Å². The molecular formula is C12H15F2N. The fourth-order valence-electron chi connectivity index (χ4n) is 2.12. The van der Waals surface area contributed by atoms with Crippen LogP contribution in [0.2, 0.25) is 0 Å². The molecule has 82 valence electrons. The minimum absolute atomic E-state index is 0.0179. The second kappa shape index (κ2) is 3.89. The van der Waals surface area contributed by atoms with Gasteiger partial charge in [-0.1, -0.05) is 12.1 Å². The van der Waals surface area contributed by atoms with Crippen molar-refractivity contribution in [3.05, 3.63) is 34.9 Å². The van der Waals surface area contributed by atoms with Crippen molar-refractivity contribution in [2.45, 2.75) is 31.6 Å². The van der Waals surface area contributed by atoms with Gasteiger partial charge in [0.1, 0.15) is 0 Å². The Morgan fingerprint density at radius 2 is 1.93 bits per heavy atom. The summed E-state index contributed by atoms with van der Waals surface area (Å²) in [7, 11) is 0. The number of rotatable bonds is 3. The van der Waals surface area contributed by atoms with Crippen LogP contribution >= 0.6 is 0 Å². The lowest BCUT2D eigenvalue weighted by atomic mass is 10.0. The summed E-state index contributed by atoms with van der Waals surface area (Å²) in [6, 6.07) is 5.03. The van der Waals surface area contributed by atoms with Crippen molar-refractivity contribution in [2.75, 3.05) is 6.54 Å². The molecule has 1 aliphatic rings. The highest BCUT2D eigenvalue weighted by Crippen LogP contribution is 2.34. The highest BCUT2D eigenvalue weighted by atomic mass is 19.3. The van der Waals surface area contributed by atoms with Crippen LogP contribution < -0.4 is 5.73 Å². The van der Waals surface area contributed by atoms with Crippen molar-refractivity contribution in [3.63, 3.8) is 0 Å². The Morgan fingerprint density at radius 1 is 1.20 bits per heavy atom. The van der Waals surface area contributed by atoms with Crippen molar-refractivity contribution < 1.29 is 8.78 Å². The molecule has 1 aromatic rings. The zero-order valence-corrected chi connectivity index (χ0v) is 8.60. The Labute approximate surface area is 88.3 Å². The molecule has 1 aromatic carbocycles. The molecule has 0 unspecified atom stereocenters. The van der Waals surface area contributed by atoms with Gasteiger partial charge in [0.15, 0.2) is 0 Å². The Morgan fingerprint density at radius 3 is 2.67 bits per heavy atom. The minimum atomic E-state index is -2.77. The zero-order chi connectivity index (χ0) is 10.9. The van der Waals surface area contributed by atoms with Crippen molar-refractivity contribution in [2.24, 2.45) is 5.73 Å². The first-order chi connectivity index (χ1) is 7.13. The summed E-state index contributed by atoms with van der Waals surface area (Å²) in [6.45, 7) is 0.0179. The molecule has 0 spiro atoms. The monoisotopic (exact) mass is 211 g/mol. The van der Waals surface area contributed by atoms with E-state index in [1.807, 2.05) is 6.07 Å². The molecule has 0 aromatic heterocycles. The predicted molar refractivity (Wildman–Crippen MR) is 56.0 cm³/mol. The van der Waals surface area contributed by atoms with Crippen LogP contribution in [0.5, 0.6) is 0 Å². The van der Waals surface area contributed by atoms with E-state index in [0.717, 1.165) is 24.8 Å². The first-order valence-electron chi connectivity index (χ1n) is 5.33. The van der Waals surface area contributed by atoms with E-state index in [2.05, 4.69) is 0 Å². The summed E-state index contributed by atoms with van der Waals surface area (Å²) in [6.07, 6.45) is 2.77. The zero-order valence-electron chi connectivity index (χ0n) is 8.60. The average Bonchev–Trinajstić information content (AvgIpc) is 2.63. The largest absolute Gasteiger partial charge is 0.330 e. The molecule has 1 nitrogen and oxygen atoms in total. The molecule has 3 heteroatoms. The Balaban J connectivity index is 2.29. The van der Waals surface area contributed by atoms with Crippen LogP contribution in [0.3, 0.4) is 0 Å². The standard InChI is InChI=1S/C12H15F2N/c13-12(14,6-7-15)11-5-4-9-2-1-3-10(9)8-11/h4-5,8H,1-3,6-7,15H2. The molecule has 2 rings (SSSR count). The van der Waals surface area contributed by atoms with E-state index >= 15 is 0 Å². The van der Waals surface area contributed by atoms with E-state index in [1.54, 1.807) is 12.1 Å². The lowest BCUT2D eigenvalue weighted by Crippen LogP contribution is -2.18. The van der Waals surface area contributed by atoms with Gasteiger partial charge in [-0.3, -0.25) is 0 Å². The Kier molecular flexibility index (Phi) is 2.74. The van der Waals surface area contributed by atoms with Crippen LogP contribution in [-0.2, 0) is 18.8 Å². The van der Waals surface area contributed by atoms with Crippen LogP contribution in [0.1, 0.15) is 29.5 Å². The first-order valence-corrected chi connectivity index (χ1v) is 5.33. The smallest absolute Gasteiger partial charge is 0.274 e. The Hall–Kier alpha value is -0.960.